The Balaban J connectivity index is 1.79. The van der Waals surface area contributed by atoms with Crippen LogP contribution in [0, 0.1) is 5.92 Å². The van der Waals surface area contributed by atoms with Gasteiger partial charge in [0.05, 0.1) is 6.04 Å². The summed E-state index contributed by atoms with van der Waals surface area (Å²) in [6.07, 6.45) is 8.18. The second-order valence-corrected chi connectivity index (χ2v) is 6.24. The Morgan fingerprint density at radius 1 is 1.05 bits per heavy atom. The van der Waals surface area contributed by atoms with Crippen molar-refractivity contribution in [2.24, 2.45) is 5.92 Å². The van der Waals surface area contributed by atoms with E-state index in [4.69, 9.17) is 0 Å². The minimum absolute atomic E-state index is 0.0643. The van der Waals surface area contributed by atoms with Crippen molar-refractivity contribution in [1.29, 1.82) is 0 Å². The Labute approximate surface area is 129 Å². The molecule has 1 aromatic heterocycles. The molecule has 3 rings (SSSR count). The third-order valence-corrected chi connectivity index (χ3v) is 4.83. The van der Waals surface area contributed by atoms with Crippen LogP contribution in [0.3, 0.4) is 0 Å². The number of carbonyl (C=O) groups is 2. The molecule has 1 saturated carbocycles. The first-order chi connectivity index (χ1) is 10.7. The third kappa shape index (κ3) is 2.84. The molecule has 22 heavy (non-hydrogen) atoms. The summed E-state index contributed by atoms with van der Waals surface area (Å²) in [4.78, 5) is 25.9. The quantitative estimate of drug-likeness (QED) is 0.833. The van der Waals surface area contributed by atoms with Crippen molar-refractivity contribution >= 4 is 11.9 Å². The van der Waals surface area contributed by atoms with Gasteiger partial charge in [0.15, 0.2) is 5.69 Å². The molecule has 0 spiro atoms. The van der Waals surface area contributed by atoms with Crippen LogP contribution in [-0.4, -0.2) is 43.8 Å². The van der Waals surface area contributed by atoms with Gasteiger partial charge in [0, 0.05) is 12.5 Å². The summed E-state index contributed by atoms with van der Waals surface area (Å²) >= 11 is 0. The standard InChI is InChI=1S/C15H22N4O3/c20-14(10-6-3-1-2-4-7-10)19-9-5-8-11(19)12-13(15(21)22)17-18-16-12/h10-11H,1-9H2,(H,21,22)(H,16,17,18). The number of hydrogen-bond donors (Lipinski definition) is 2. The Bertz CT molecular complexity index is 549. The van der Waals surface area contributed by atoms with Crippen LogP contribution in [0.1, 0.15) is 73.6 Å². The predicted molar refractivity (Wildman–Crippen MR) is 78.2 cm³/mol. The maximum atomic E-state index is 12.9. The Kier molecular flexibility index (Phi) is 4.40. The fraction of sp³-hybridized carbons (Fsp3) is 0.733. The number of nitrogens with zero attached hydrogens (tertiary/aromatic N) is 3. The summed E-state index contributed by atoms with van der Waals surface area (Å²) in [6.45, 7) is 0.686. The molecule has 2 aliphatic rings. The highest BCUT2D eigenvalue weighted by molar-refractivity contribution is 5.87. The van der Waals surface area contributed by atoms with Crippen LogP contribution in [0.4, 0.5) is 0 Å². The maximum absolute atomic E-state index is 12.9. The molecule has 1 amide bonds. The summed E-state index contributed by atoms with van der Waals surface area (Å²) in [5.41, 5.74) is 0.331. The minimum atomic E-state index is -1.10. The van der Waals surface area contributed by atoms with E-state index in [9.17, 15) is 14.7 Å². The zero-order chi connectivity index (χ0) is 15.5. The van der Waals surface area contributed by atoms with Gasteiger partial charge in [0.25, 0.3) is 0 Å². The highest BCUT2D eigenvalue weighted by Gasteiger charge is 2.37. The minimum Gasteiger partial charge on any atom is -0.476 e. The van der Waals surface area contributed by atoms with Gasteiger partial charge >= 0.3 is 5.97 Å². The van der Waals surface area contributed by atoms with Gasteiger partial charge in [-0.05, 0) is 25.7 Å². The average molecular weight is 306 g/mol. The topological polar surface area (TPSA) is 99.2 Å². The van der Waals surface area contributed by atoms with Crippen LogP contribution in [-0.2, 0) is 4.79 Å². The average Bonchev–Trinajstić information content (AvgIpc) is 3.08. The Hall–Kier alpha value is -1.92. The first-order valence-corrected chi connectivity index (χ1v) is 8.13. The van der Waals surface area contributed by atoms with Gasteiger partial charge in [0.2, 0.25) is 5.91 Å². The molecule has 120 valence electrons. The van der Waals surface area contributed by atoms with E-state index in [2.05, 4.69) is 15.4 Å². The van der Waals surface area contributed by atoms with Crippen LogP contribution < -0.4 is 0 Å². The second-order valence-electron chi connectivity index (χ2n) is 6.24. The van der Waals surface area contributed by atoms with Crippen molar-refractivity contribution in [1.82, 2.24) is 20.3 Å². The predicted octanol–water partition coefficient (Wildman–Crippen LogP) is 2.14. The van der Waals surface area contributed by atoms with E-state index < -0.39 is 5.97 Å². The largest absolute Gasteiger partial charge is 0.476 e. The van der Waals surface area contributed by atoms with E-state index in [-0.39, 0.29) is 23.6 Å². The molecule has 1 aliphatic carbocycles. The van der Waals surface area contributed by atoms with Crippen LogP contribution in [0.5, 0.6) is 0 Å². The smallest absolute Gasteiger partial charge is 0.358 e. The fourth-order valence-electron chi connectivity index (χ4n) is 3.70. The lowest BCUT2D eigenvalue weighted by Crippen LogP contribution is -2.36. The normalized spacial score (nSPS) is 23.5. The van der Waals surface area contributed by atoms with Gasteiger partial charge in [-0.3, -0.25) is 4.79 Å². The number of aromatic nitrogens is 3. The molecule has 7 heteroatoms. The summed E-state index contributed by atoms with van der Waals surface area (Å²) in [5, 5.41) is 19.3. The number of amides is 1. The summed E-state index contributed by atoms with van der Waals surface area (Å²) in [6, 6.07) is -0.249. The van der Waals surface area contributed by atoms with Crippen molar-refractivity contribution in [3.63, 3.8) is 0 Å². The molecule has 2 N–H and O–H groups in total. The van der Waals surface area contributed by atoms with Crippen LogP contribution in [0.15, 0.2) is 0 Å². The molecule has 1 unspecified atom stereocenters. The molecule has 1 aromatic rings. The lowest BCUT2D eigenvalue weighted by Gasteiger charge is -2.27. The first kappa shape index (κ1) is 15.0. The number of hydrogen-bond acceptors (Lipinski definition) is 4. The van der Waals surface area contributed by atoms with E-state index in [1.54, 1.807) is 0 Å². The van der Waals surface area contributed by atoms with Crippen molar-refractivity contribution in [3.05, 3.63) is 11.4 Å². The number of likely N-dealkylation sites (tertiary alicyclic amines) is 1. The highest BCUT2D eigenvalue weighted by Crippen LogP contribution is 2.35. The number of aromatic amines is 1. The van der Waals surface area contributed by atoms with Gasteiger partial charge in [-0.25, -0.2) is 4.79 Å². The molecule has 2 fully saturated rings. The fourth-order valence-corrected chi connectivity index (χ4v) is 3.70. The SMILES string of the molecule is O=C(O)c1n[nH]nc1C1CCCN1C(=O)C1CCCCCC1. The molecule has 1 aliphatic heterocycles. The summed E-state index contributed by atoms with van der Waals surface area (Å²) < 4.78 is 0. The third-order valence-electron chi connectivity index (χ3n) is 4.83. The maximum Gasteiger partial charge on any atom is 0.358 e. The van der Waals surface area contributed by atoms with E-state index in [0.29, 0.717) is 12.2 Å². The molecule has 1 atom stereocenters. The van der Waals surface area contributed by atoms with E-state index >= 15 is 0 Å². The molecular weight excluding hydrogens is 284 g/mol. The second kappa shape index (κ2) is 6.46. The molecular formula is C15H22N4O3. The monoisotopic (exact) mass is 306 g/mol. The molecule has 0 bridgehead atoms. The van der Waals surface area contributed by atoms with E-state index in [0.717, 1.165) is 38.5 Å². The number of carbonyl (C=O) groups excluding carboxylic acids is 1. The number of nitrogens with one attached hydrogen (secondary N) is 1. The Morgan fingerprint density at radius 3 is 2.45 bits per heavy atom. The Morgan fingerprint density at radius 2 is 1.77 bits per heavy atom. The molecule has 1 saturated heterocycles. The molecule has 0 aromatic carbocycles. The van der Waals surface area contributed by atoms with E-state index in [1.807, 2.05) is 4.90 Å². The van der Waals surface area contributed by atoms with Crippen molar-refractivity contribution in [3.8, 4) is 0 Å². The number of H-pyrrole nitrogens is 1. The van der Waals surface area contributed by atoms with Gasteiger partial charge in [-0.1, -0.05) is 25.7 Å². The molecule has 2 heterocycles. The summed E-state index contributed by atoms with van der Waals surface area (Å²) in [5.74, 6) is -0.843. The van der Waals surface area contributed by atoms with Gasteiger partial charge in [-0.2, -0.15) is 10.3 Å². The van der Waals surface area contributed by atoms with Gasteiger partial charge in [0.1, 0.15) is 5.69 Å². The van der Waals surface area contributed by atoms with E-state index in [1.165, 1.54) is 12.8 Å². The molecule has 0 radical (unpaired) electrons. The van der Waals surface area contributed by atoms with Crippen molar-refractivity contribution < 1.29 is 14.7 Å². The van der Waals surface area contributed by atoms with Crippen LogP contribution in [0.2, 0.25) is 0 Å². The number of rotatable bonds is 3. The van der Waals surface area contributed by atoms with Gasteiger partial charge in [-0.15, -0.1) is 5.10 Å². The zero-order valence-electron chi connectivity index (χ0n) is 12.6. The van der Waals surface area contributed by atoms with Crippen LogP contribution in [0.25, 0.3) is 0 Å². The molecule has 7 nitrogen and oxygen atoms in total. The first-order valence-electron chi connectivity index (χ1n) is 8.13. The van der Waals surface area contributed by atoms with Crippen LogP contribution >= 0.6 is 0 Å². The van der Waals surface area contributed by atoms with Crippen molar-refractivity contribution in [2.45, 2.75) is 57.4 Å². The highest BCUT2D eigenvalue weighted by atomic mass is 16.4. The van der Waals surface area contributed by atoms with Gasteiger partial charge < -0.3 is 10.0 Å². The summed E-state index contributed by atoms with van der Waals surface area (Å²) in [7, 11) is 0. The van der Waals surface area contributed by atoms with Crippen molar-refractivity contribution in [2.75, 3.05) is 6.54 Å². The zero-order valence-corrected chi connectivity index (χ0v) is 12.6. The lowest BCUT2D eigenvalue weighted by atomic mass is 9.98. The number of aromatic carboxylic acids is 1. The lowest BCUT2D eigenvalue weighted by molar-refractivity contribution is -0.137. The number of carboxylic acids is 1. The number of carboxylic acid groups (broad SMARTS) is 1.